The number of hydrogen-bond acceptors (Lipinski definition) is 4. The number of nitrogens with zero attached hydrogens (tertiary/aromatic N) is 2. The summed E-state index contributed by atoms with van der Waals surface area (Å²) in [6.07, 6.45) is 7.51. The van der Waals surface area contributed by atoms with E-state index in [0.29, 0.717) is 6.61 Å². The van der Waals surface area contributed by atoms with E-state index in [1.54, 1.807) is 0 Å². The number of nitrogens with one attached hydrogen (secondary N) is 1. The van der Waals surface area contributed by atoms with Crippen molar-refractivity contribution in [3.63, 3.8) is 0 Å². The summed E-state index contributed by atoms with van der Waals surface area (Å²) in [5, 5.41) is 13.0. The molecular formula is C22H27N3O2. The Kier molecular flexibility index (Phi) is 5.14. The van der Waals surface area contributed by atoms with Crippen LogP contribution in [0.3, 0.4) is 0 Å². The van der Waals surface area contributed by atoms with Crippen molar-refractivity contribution in [2.45, 2.75) is 39.3 Å². The van der Waals surface area contributed by atoms with Gasteiger partial charge in [0.15, 0.2) is 0 Å². The summed E-state index contributed by atoms with van der Waals surface area (Å²) in [4.78, 5) is 4.64. The Balaban J connectivity index is 1.29. The molecule has 1 fully saturated rings. The van der Waals surface area contributed by atoms with Crippen LogP contribution < -0.4 is 10.1 Å². The smallest absolute Gasteiger partial charge is 0.140 e. The third-order valence-electron chi connectivity index (χ3n) is 5.62. The van der Waals surface area contributed by atoms with Crippen molar-refractivity contribution in [3.8, 4) is 5.75 Å². The van der Waals surface area contributed by atoms with Gasteiger partial charge in [-0.15, -0.1) is 0 Å². The first-order valence-electron chi connectivity index (χ1n) is 9.64. The molecule has 0 saturated heterocycles. The van der Waals surface area contributed by atoms with Crippen molar-refractivity contribution in [1.29, 1.82) is 0 Å². The Morgan fingerprint density at radius 3 is 2.70 bits per heavy atom. The van der Waals surface area contributed by atoms with E-state index < -0.39 is 0 Å². The third-order valence-corrected chi connectivity index (χ3v) is 5.62. The lowest BCUT2D eigenvalue weighted by atomic mass is 9.69. The standard InChI is InChI=1S/C22H27N3O2/c1-17-4-2-11-25-13-19(24-21(17)25)14-27-20-7-5-18(6-8-20)12-23-15-22(16-26)9-3-10-22/h2,4-8,11,13,23,26H,3,9-10,12,14-16H2,1H3. The third kappa shape index (κ3) is 3.99. The topological polar surface area (TPSA) is 58.8 Å². The number of aryl methyl sites for hydroxylation is 1. The van der Waals surface area contributed by atoms with Gasteiger partial charge >= 0.3 is 0 Å². The van der Waals surface area contributed by atoms with Crippen LogP contribution in [-0.4, -0.2) is 27.6 Å². The molecule has 0 atom stereocenters. The van der Waals surface area contributed by atoms with Crippen LogP contribution >= 0.6 is 0 Å². The van der Waals surface area contributed by atoms with Gasteiger partial charge in [-0.3, -0.25) is 0 Å². The van der Waals surface area contributed by atoms with Crippen LogP contribution in [0.25, 0.3) is 5.65 Å². The predicted octanol–water partition coefficient (Wildman–Crippen LogP) is 3.47. The minimum Gasteiger partial charge on any atom is -0.487 e. The molecule has 0 aliphatic heterocycles. The van der Waals surface area contributed by atoms with Crippen molar-refractivity contribution in [2.75, 3.05) is 13.2 Å². The number of rotatable bonds is 8. The first kappa shape index (κ1) is 18.0. The van der Waals surface area contributed by atoms with E-state index in [2.05, 4.69) is 35.4 Å². The van der Waals surface area contributed by atoms with E-state index in [4.69, 9.17) is 4.74 Å². The zero-order valence-electron chi connectivity index (χ0n) is 15.8. The number of benzene rings is 1. The van der Waals surface area contributed by atoms with Gasteiger partial charge in [-0.25, -0.2) is 4.98 Å². The van der Waals surface area contributed by atoms with Crippen LogP contribution in [0.5, 0.6) is 5.75 Å². The van der Waals surface area contributed by atoms with Gasteiger partial charge in [0.05, 0.1) is 5.69 Å². The fourth-order valence-corrected chi connectivity index (χ4v) is 3.67. The van der Waals surface area contributed by atoms with Crippen LogP contribution in [0.15, 0.2) is 48.8 Å². The maximum atomic E-state index is 9.52. The molecule has 2 N–H and O–H groups in total. The van der Waals surface area contributed by atoms with E-state index in [0.717, 1.165) is 48.6 Å². The summed E-state index contributed by atoms with van der Waals surface area (Å²) in [5.41, 5.74) is 4.40. The highest BCUT2D eigenvalue weighted by Gasteiger charge is 2.35. The summed E-state index contributed by atoms with van der Waals surface area (Å²) in [7, 11) is 0. The van der Waals surface area contributed by atoms with E-state index in [9.17, 15) is 5.11 Å². The van der Waals surface area contributed by atoms with Gasteiger partial charge in [0, 0.05) is 37.5 Å². The minimum atomic E-state index is 0.121. The Labute approximate surface area is 160 Å². The Morgan fingerprint density at radius 2 is 2.04 bits per heavy atom. The first-order valence-corrected chi connectivity index (χ1v) is 9.64. The van der Waals surface area contributed by atoms with Crippen molar-refractivity contribution in [2.24, 2.45) is 5.41 Å². The molecule has 142 valence electrons. The average Bonchev–Trinajstić information content (AvgIpc) is 3.08. The molecule has 4 rings (SSSR count). The Bertz CT molecular complexity index is 892. The zero-order valence-corrected chi connectivity index (χ0v) is 15.8. The lowest BCUT2D eigenvalue weighted by Gasteiger charge is -2.40. The molecule has 2 heterocycles. The number of aromatic nitrogens is 2. The second kappa shape index (κ2) is 7.71. The van der Waals surface area contributed by atoms with Gasteiger partial charge < -0.3 is 19.6 Å². The quantitative estimate of drug-likeness (QED) is 0.642. The fourth-order valence-electron chi connectivity index (χ4n) is 3.67. The second-order valence-electron chi connectivity index (χ2n) is 7.70. The predicted molar refractivity (Wildman–Crippen MR) is 106 cm³/mol. The number of aliphatic hydroxyl groups is 1. The molecule has 0 bridgehead atoms. The Hall–Kier alpha value is -2.37. The Morgan fingerprint density at radius 1 is 1.22 bits per heavy atom. The fraction of sp³-hybridized carbons (Fsp3) is 0.409. The average molecular weight is 365 g/mol. The summed E-state index contributed by atoms with van der Waals surface area (Å²) >= 11 is 0. The van der Waals surface area contributed by atoms with Crippen molar-refractivity contribution < 1.29 is 9.84 Å². The second-order valence-corrected chi connectivity index (χ2v) is 7.70. The lowest BCUT2D eigenvalue weighted by molar-refractivity contribution is 0.0445. The molecule has 1 aromatic carbocycles. The SMILES string of the molecule is Cc1cccn2cc(COc3ccc(CNCC4(CO)CCC4)cc3)nc12. The molecule has 0 spiro atoms. The molecule has 2 aromatic heterocycles. The van der Waals surface area contributed by atoms with E-state index in [1.807, 2.05) is 35.0 Å². The van der Waals surface area contributed by atoms with Gasteiger partial charge in [0.25, 0.3) is 0 Å². The normalized spacial score (nSPS) is 15.6. The zero-order chi connectivity index (χ0) is 18.7. The molecule has 5 heteroatoms. The monoisotopic (exact) mass is 365 g/mol. The summed E-state index contributed by atoms with van der Waals surface area (Å²) in [5.74, 6) is 0.846. The molecule has 1 saturated carbocycles. The number of fused-ring (bicyclic) bond motifs is 1. The number of ether oxygens (including phenoxy) is 1. The number of pyridine rings is 1. The highest BCUT2D eigenvalue weighted by Crippen LogP contribution is 2.39. The molecule has 0 unspecified atom stereocenters. The van der Waals surface area contributed by atoms with Crippen LogP contribution in [0.1, 0.15) is 36.1 Å². The summed E-state index contributed by atoms with van der Waals surface area (Å²) < 4.78 is 7.92. The number of aliphatic hydroxyl groups excluding tert-OH is 1. The first-order chi connectivity index (χ1) is 13.2. The molecule has 0 amide bonds. The van der Waals surface area contributed by atoms with Crippen molar-refractivity contribution in [3.05, 3.63) is 65.6 Å². The maximum absolute atomic E-state index is 9.52. The molecule has 27 heavy (non-hydrogen) atoms. The van der Waals surface area contributed by atoms with Gasteiger partial charge in [0.1, 0.15) is 18.0 Å². The van der Waals surface area contributed by atoms with Gasteiger partial charge in [-0.05, 0) is 49.1 Å². The molecule has 0 radical (unpaired) electrons. The molecular weight excluding hydrogens is 338 g/mol. The van der Waals surface area contributed by atoms with Crippen LogP contribution in [0, 0.1) is 12.3 Å². The van der Waals surface area contributed by atoms with Crippen molar-refractivity contribution in [1.82, 2.24) is 14.7 Å². The van der Waals surface area contributed by atoms with Crippen LogP contribution in [0.2, 0.25) is 0 Å². The van der Waals surface area contributed by atoms with Crippen molar-refractivity contribution >= 4 is 5.65 Å². The highest BCUT2D eigenvalue weighted by atomic mass is 16.5. The van der Waals surface area contributed by atoms with Gasteiger partial charge in [-0.1, -0.05) is 24.6 Å². The van der Waals surface area contributed by atoms with Crippen LogP contribution in [-0.2, 0) is 13.2 Å². The van der Waals surface area contributed by atoms with E-state index in [-0.39, 0.29) is 12.0 Å². The van der Waals surface area contributed by atoms with E-state index in [1.165, 1.54) is 12.0 Å². The highest BCUT2D eigenvalue weighted by molar-refractivity contribution is 5.47. The molecule has 1 aliphatic rings. The molecule has 1 aliphatic carbocycles. The van der Waals surface area contributed by atoms with Crippen LogP contribution in [0.4, 0.5) is 0 Å². The molecule has 3 aromatic rings. The van der Waals surface area contributed by atoms with Gasteiger partial charge in [0.2, 0.25) is 0 Å². The lowest BCUT2D eigenvalue weighted by Crippen LogP contribution is -2.42. The minimum absolute atomic E-state index is 0.121. The molecule has 5 nitrogen and oxygen atoms in total. The van der Waals surface area contributed by atoms with E-state index >= 15 is 0 Å². The summed E-state index contributed by atoms with van der Waals surface area (Å²) in [6, 6.07) is 12.3. The number of hydrogen-bond donors (Lipinski definition) is 2. The van der Waals surface area contributed by atoms with Gasteiger partial charge in [-0.2, -0.15) is 0 Å². The maximum Gasteiger partial charge on any atom is 0.140 e. The summed E-state index contributed by atoms with van der Waals surface area (Å²) in [6.45, 7) is 4.50. The number of imidazole rings is 1. The largest absolute Gasteiger partial charge is 0.487 e.